The number of Topliss-reactive ketones (excluding diaryl/α,β-unsaturated/α-hetero) is 2. The molecule has 0 aliphatic heterocycles. The van der Waals surface area contributed by atoms with Crippen LogP contribution >= 0.6 is 25.3 Å². The third kappa shape index (κ3) is 5.29. The van der Waals surface area contributed by atoms with Crippen molar-refractivity contribution in [2.45, 2.75) is 141 Å². The molecule has 0 amide bonds. The highest BCUT2D eigenvalue weighted by Gasteiger charge is 2.69. The molecule has 6 saturated carbocycles. The molecule has 6 fully saturated rings. The summed E-state index contributed by atoms with van der Waals surface area (Å²) in [5, 5.41) is 45.0. The summed E-state index contributed by atoms with van der Waals surface area (Å²) in [6.45, 7) is 8.44. The number of aliphatic hydroxyl groups is 4. The molecular formula is C42H60O8S2. The van der Waals surface area contributed by atoms with Crippen molar-refractivity contribution in [3.8, 4) is 0 Å². The number of allylic oxidation sites excluding steroid dienone is 2. The van der Waals surface area contributed by atoms with Crippen molar-refractivity contribution in [2.24, 2.45) is 57.2 Å². The zero-order chi connectivity index (χ0) is 37.8. The Morgan fingerprint density at radius 2 is 1.00 bits per heavy atom. The number of thiol groups is 2. The molecule has 4 N–H and O–H groups in total. The van der Waals surface area contributed by atoms with Crippen molar-refractivity contribution >= 4 is 48.4 Å². The number of hydrogen-bond acceptors (Lipinski definition) is 10. The Kier molecular flexibility index (Phi) is 9.85. The average molecular weight is 757 g/mol. The van der Waals surface area contributed by atoms with Crippen molar-refractivity contribution in [3.05, 3.63) is 23.3 Å². The van der Waals surface area contributed by atoms with Gasteiger partial charge in [0.2, 0.25) is 0 Å². The standard InChI is InChI=1S/2C21H30O4S/c2*1-19-7-5-13(22)9-12(19)3-4-14-15-6-8-21(25,17(24)11-26)20(15,2)10-16(23)18(14)19/h2*9,14-16,18,23,25-26H,3-8,10-11H2,1-2H3/t2*14-,15-,16-,18+,19-,20-,21-/m00/s1. The van der Waals surface area contributed by atoms with Gasteiger partial charge in [0.05, 0.1) is 23.7 Å². The Bertz CT molecular complexity index is 1490. The van der Waals surface area contributed by atoms with E-state index in [0.29, 0.717) is 50.4 Å². The lowest BCUT2D eigenvalue weighted by molar-refractivity contribution is -0.179. The number of aliphatic hydroxyl groups excluding tert-OH is 2. The summed E-state index contributed by atoms with van der Waals surface area (Å²) in [6.07, 6.45) is 12.4. The average Bonchev–Trinajstić information content (AvgIpc) is 3.53. The van der Waals surface area contributed by atoms with E-state index in [0.717, 1.165) is 51.4 Å². The summed E-state index contributed by atoms with van der Waals surface area (Å²) < 4.78 is 0. The van der Waals surface area contributed by atoms with Gasteiger partial charge in [-0.15, -0.1) is 0 Å². The second-order valence-corrected chi connectivity index (χ2v) is 19.7. The minimum absolute atomic E-state index is 0.0374. The molecule has 8 rings (SSSR count). The highest BCUT2D eigenvalue weighted by Crippen LogP contribution is 2.69. The van der Waals surface area contributed by atoms with Gasteiger partial charge in [0.1, 0.15) is 11.2 Å². The molecule has 0 saturated heterocycles. The van der Waals surface area contributed by atoms with Crippen LogP contribution in [0.4, 0.5) is 0 Å². The number of carbonyl (C=O) groups is 4. The van der Waals surface area contributed by atoms with E-state index in [1.165, 1.54) is 11.1 Å². The quantitative estimate of drug-likeness (QED) is 0.208. The fourth-order valence-electron chi connectivity index (χ4n) is 14.6. The fraction of sp³-hybridized carbons (Fsp3) is 0.810. The van der Waals surface area contributed by atoms with E-state index < -0.39 is 34.2 Å². The summed E-state index contributed by atoms with van der Waals surface area (Å²) in [5.41, 5.74) is -1.77. The molecule has 0 aromatic rings. The predicted octanol–water partition coefficient (Wildman–Crippen LogP) is 5.44. The Morgan fingerprint density at radius 3 is 1.35 bits per heavy atom. The predicted molar refractivity (Wildman–Crippen MR) is 204 cm³/mol. The van der Waals surface area contributed by atoms with Crippen LogP contribution in [-0.2, 0) is 19.2 Å². The lowest BCUT2D eigenvalue weighted by Gasteiger charge is -2.60. The molecule has 8 aliphatic rings. The molecule has 0 aromatic carbocycles. The van der Waals surface area contributed by atoms with Crippen molar-refractivity contribution in [2.75, 3.05) is 11.5 Å². The minimum atomic E-state index is -1.37. The smallest absolute Gasteiger partial charge is 0.174 e. The SMILES string of the molecule is C[C@]12CCC(=O)C=C1CC[C@@H]1[C@@H]2[C@@H](O)C[C@@]2(C)[C@H]1CC[C@]2(O)C(=O)CS.C[C@]12CCC(=O)C=C1CC[C@@H]1[C@@H]2[C@@H](O)C[C@@]2(C)[C@H]1CC[C@]2(O)C(=O)CS. The van der Waals surface area contributed by atoms with Crippen molar-refractivity contribution < 1.29 is 39.6 Å². The molecule has 0 spiro atoms. The van der Waals surface area contributed by atoms with Crippen LogP contribution in [0.15, 0.2) is 23.3 Å². The first-order valence-corrected chi connectivity index (χ1v) is 21.2. The van der Waals surface area contributed by atoms with Crippen LogP contribution in [0.3, 0.4) is 0 Å². The zero-order valence-electron chi connectivity index (χ0n) is 31.4. The molecule has 0 aromatic heterocycles. The van der Waals surface area contributed by atoms with E-state index in [1.807, 2.05) is 26.0 Å². The summed E-state index contributed by atoms with van der Waals surface area (Å²) in [6, 6.07) is 0. The molecular weight excluding hydrogens is 697 g/mol. The summed E-state index contributed by atoms with van der Waals surface area (Å²) >= 11 is 8.25. The van der Waals surface area contributed by atoms with Gasteiger partial charge in [-0.05, 0) is 136 Å². The first-order chi connectivity index (χ1) is 24.3. The van der Waals surface area contributed by atoms with Crippen LogP contribution in [0.5, 0.6) is 0 Å². The topological polar surface area (TPSA) is 149 Å². The van der Waals surface area contributed by atoms with Gasteiger partial charge in [0.25, 0.3) is 0 Å². The third-order valence-corrected chi connectivity index (χ3v) is 17.9. The molecule has 288 valence electrons. The number of ketones is 4. The maximum absolute atomic E-state index is 12.5. The van der Waals surface area contributed by atoms with Crippen molar-refractivity contribution in [1.29, 1.82) is 0 Å². The lowest BCUT2D eigenvalue weighted by Crippen LogP contribution is -2.61. The van der Waals surface area contributed by atoms with Gasteiger partial charge >= 0.3 is 0 Å². The molecule has 14 atom stereocenters. The third-order valence-electron chi connectivity index (χ3n) is 17.3. The normalized spacial score (nSPS) is 50.5. The van der Waals surface area contributed by atoms with Gasteiger partial charge in [-0.1, -0.05) is 38.8 Å². The molecule has 0 radical (unpaired) electrons. The summed E-state index contributed by atoms with van der Waals surface area (Å²) in [4.78, 5) is 48.9. The van der Waals surface area contributed by atoms with Crippen LogP contribution in [-0.4, -0.2) is 78.5 Å². The van der Waals surface area contributed by atoms with Gasteiger partial charge in [-0.25, -0.2) is 0 Å². The van der Waals surface area contributed by atoms with Gasteiger partial charge in [-0.2, -0.15) is 25.3 Å². The number of fused-ring (bicyclic) bond motifs is 10. The first-order valence-electron chi connectivity index (χ1n) is 19.9. The molecule has 0 bridgehead atoms. The first kappa shape index (κ1) is 39.0. The van der Waals surface area contributed by atoms with Crippen LogP contribution in [0.2, 0.25) is 0 Å². The molecule has 0 heterocycles. The Balaban J connectivity index is 0.000000162. The molecule has 0 unspecified atom stereocenters. The number of carbonyl (C=O) groups excluding carboxylic acids is 4. The molecule has 8 nitrogen and oxygen atoms in total. The van der Waals surface area contributed by atoms with E-state index in [4.69, 9.17) is 0 Å². The minimum Gasteiger partial charge on any atom is -0.393 e. The molecule has 8 aliphatic carbocycles. The van der Waals surface area contributed by atoms with Gasteiger partial charge in [0, 0.05) is 23.7 Å². The van der Waals surface area contributed by atoms with Crippen LogP contribution in [0, 0.1) is 57.2 Å². The fourth-order valence-corrected chi connectivity index (χ4v) is 15.1. The van der Waals surface area contributed by atoms with E-state index in [2.05, 4.69) is 39.1 Å². The Hall–Kier alpha value is -1.30. The van der Waals surface area contributed by atoms with Crippen LogP contribution in [0.1, 0.15) is 118 Å². The van der Waals surface area contributed by atoms with Crippen molar-refractivity contribution in [1.82, 2.24) is 0 Å². The van der Waals surface area contributed by atoms with E-state index >= 15 is 0 Å². The van der Waals surface area contributed by atoms with Crippen LogP contribution in [0.25, 0.3) is 0 Å². The van der Waals surface area contributed by atoms with E-state index in [1.54, 1.807) is 0 Å². The second kappa shape index (κ2) is 13.1. The number of hydrogen-bond donors (Lipinski definition) is 6. The Morgan fingerprint density at radius 1 is 0.635 bits per heavy atom. The van der Waals surface area contributed by atoms with Crippen LogP contribution < -0.4 is 0 Å². The largest absolute Gasteiger partial charge is 0.393 e. The highest BCUT2D eigenvalue weighted by atomic mass is 32.1. The van der Waals surface area contributed by atoms with Gasteiger partial charge in [-0.3, -0.25) is 19.2 Å². The van der Waals surface area contributed by atoms with E-state index in [9.17, 15) is 39.6 Å². The lowest BCUT2D eigenvalue weighted by atomic mass is 9.45. The molecule has 52 heavy (non-hydrogen) atoms. The highest BCUT2D eigenvalue weighted by molar-refractivity contribution is 7.81. The summed E-state index contributed by atoms with van der Waals surface area (Å²) in [5.74, 6) is 1.37. The van der Waals surface area contributed by atoms with E-state index in [-0.39, 0.29) is 69.1 Å². The maximum Gasteiger partial charge on any atom is 0.174 e. The van der Waals surface area contributed by atoms with Gasteiger partial charge in [0.15, 0.2) is 23.1 Å². The molecule has 10 heteroatoms. The Labute approximate surface area is 319 Å². The van der Waals surface area contributed by atoms with Crippen molar-refractivity contribution in [3.63, 3.8) is 0 Å². The maximum atomic E-state index is 12.5. The summed E-state index contributed by atoms with van der Waals surface area (Å²) in [7, 11) is 0. The second-order valence-electron chi connectivity index (χ2n) is 19.1. The zero-order valence-corrected chi connectivity index (χ0v) is 33.2. The number of rotatable bonds is 4. The van der Waals surface area contributed by atoms with Gasteiger partial charge < -0.3 is 20.4 Å². The monoisotopic (exact) mass is 756 g/mol.